The van der Waals surface area contributed by atoms with Crippen LogP contribution in [0.4, 0.5) is 11.4 Å². The Hall–Kier alpha value is -1.20. The first-order valence-electron chi connectivity index (χ1n) is 5.15. The molecule has 0 aliphatic carbocycles. The normalized spacial score (nSPS) is 11.9. The number of para-hydroxylation sites is 2. The maximum Gasteiger partial charge on any atom is 0 e. The zero-order valence-electron chi connectivity index (χ0n) is 9.03. The van der Waals surface area contributed by atoms with Crippen molar-refractivity contribution in [3.8, 4) is 0 Å². The van der Waals surface area contributed by atoms with Crippen molar-refractivity contribution in [2.45, 2.75) is 6.92 Å². The number of fused-ring (bicyclic) bond motifs is 2. The quantitative estimate of drug-likeness (QED) is 0.689. The summed E-state index contributed by atoms with van der Waals surface area (Å²) in [6, 6.07) is 16.8. The molecule has 0 saturated heterocycles. The molecular weight excluding hydrogens is 366 g/mol. The fourth-order valence-corrected chi connectivity index (χ4v) is 2.13. The van der Waals surface area contributed by atoms with Crippen molar-refractivity contribution in [3.63, 3.8) is 0 Å². The molecule has 0 fully saturated rings. The Morgan fingerprint density at radius 3 is 1.75 bits per heavy atom. The van der Waals surface area contributed by atoms with E-state index in [0.29, 0.717) is 0 Å². The molecule has 0 aromatic heterocycles. The standard InChI is InChI=1S/C14H12N.W/c1-10-11-6-2-4-8-13(11)15-14-9-5-3-7-12(10)14;/h2-9,15H,1H3;/q-1;. The van der Waals surface area contributed by atoms with Gasteiger partial charge in [0.05, 0.1) is 0 Å². The molecule has 2 heteroatoms. The minimum absolute atomic E-state index is 0. The Balaban J connectivity index is 0.000000963. The third kappa shape index (κ3) is 1.66. The number of hydrogen-bond acceptors (Lipinski definition) is 1. The minimum atomic E-state index is 0. The van der Waals surface area contributed by atoms with E-state index in [1.807, 2.05) is 0 Å². The van der Waals surface area contributed by atoms with Crippen LogP contribution in [-0.4, -0.2) is 0 Å². The summed E-state index contributed by atoms with van der Waals surface area (Å²) in [7, 11) is 0. The van der Waals surface area contributed by atoms with Gasteiger partial charge in [0.2, 0.25) is 0 Å². The number of anilines is 2. The molecule has 2 aromatic rings. The summed E-state index contributed by atoms with van der Waals surface area (Å²) in [6.07, 6.45) is 0. The van der Waals surface area contributed by atoms with Gasteiger partial charge in [0.15, 0.2) is 0 Å². The molecule has 1 aliphatic heterocycles. The van der Waals surface area contributed by atoms with Gasteiger partial charge in [0.25, 0.3) is 0 Å². The molecule has 1 aliphatic rings. The molecule has 1 nitrogen and oxygen atoms in total. The third-order valence-electron chi connectivity index (χ3n) is 2.93. The number of hydrogen-bond donors (Lipinski definition) is 1. The van der Waals surface area contributed by atoms with Gasteiger partial charge >= 0.3 is 0 Å². The molecule has 0 spiro atoms. The summed E-state index contributed by atoms with van der Waals surface area (Å²) >= 11 is 0. The van der Waals surface area contributed by atoms with Crippen molar-refractivity contribution < 1.29 is 21.1 Å². The van der Waals surface area contributed by atoms with Crippen LogP contribution < -0.4 is 5.32 Å². The summed E-state index contributed by atoms with van der Waals surface area (Å²) < 4.78 is 0. The second-order valence-electron chi connectivity index (χ2n) is 3.84. The van der Waals surface area contributed by atoms with E-state index < -0.39 is 0 Å². The van der Waals surface area contributed by atoms with Gasteiger partial charge in [0.1, 0.15) is 0 Å². The SMILES string of the molecule is C[C-]1c2ccccc2Nc2ccccc21.[W]. The third-order valence-corrected chi connectivity index (χ3v) is 2.93. The molecule has 0 unspecified atom stereocenters. The van der Waals surface area contributed by atoms with Crippen molar-refractivity contribution in [2.75, 3.05) is 5.32 Å². The smallest absolute Gasteiger partial charge is 0 e. The maximum absolute atomic E-state index is 3.45. The van der Waals surface area contributed by atoms with Crippen molar-refractivity contribution in [1.29, 1.82) is 0 Å². The van der Waals surface area contributed by atoms with Gasteiger partial charge in [-0.15, -0.1) is 18.1 Å². The average Bonchev–Trinajstić information content (AvgIpc) is 2.30. The molecule has 0 radical (unpaired) electrons. The van der Waals surface area contributed by atoms with E-state index in [9.17, 15) is 0 Å². The Labute approximate surface area is 110 Å². The van der Waals surface area contributed by atoms with Gasteiger partial charge in [-0.25, -0.2) is 0 Å². The molecule has 0 amide bonds. The van der Waals surface area contributed by atoms with Crippen molar-refractivity contribution in [1.82, 2.24) is 0 Å². The summed E-state index contributed by atoms with van der Waals surface area (Å²) in [5, 5.41) is 3.45. The van der Waals surface area contributed by atoms with Gasteiger partial charge in [-0.3, -0.25) is 0 Å². The van der Waals surface area contributed by atoms with E-state index in [4.69, 9.17) is 0 Å². The first kappa shape index (κ1) is 11.3. The van der Waals surface area contributed by atoms with E-state index in [-0.39, 0.29) is 21.1 Å². The minimum Gasteiger partial charge on any atom is -0.418 e. The van der Waals surface area contributed by atoms with Gasteiger partial charge in [0, 0.05) is 21.1 Å². The summed E-state index contributed by atoms with van der Waals surface area (Å²) in [4.78, 5) is 0. The molecule has 0 saturated carbocycles. The molecule has 0 atom stereocenters. The van der Waals surface area contributed by atoms with Crippen LogP contribution >= 0.6 is 0 Å². The number of benzene rings is 2. The van der Waals surface area contributed by atoms with Crippen LogP contribution in [0.5, 0.6) is 0 Å². The predicted octanol–water partition coefficient (Wildman–Crippen LogP) is 3.73. The van der Waals surface area contributed by atoms with Gasteiger partial charge in [-0.2, -0.15) is 0 Å². The van der Waals surface area contributed by atoms with Crippen LogP contribution in [0.15, 0.2) is 48.5 Å². The zero-order valence-corrected chi connectivity index (χ0v) is 12.0. The van der Waals surface area contributed by atoms with E-state index >= 15 is 0 Å². The van der Waals surface area contributed by atoms with Gasteiger partial charge in [-0.1, -0.05) is 54.4 Å². The summed E-state index contributed by atoms with van der Waals surface area (Å²) in [6.45, 7) is 2.18. The van der Waals surface area contributed by atoms with E-state index in [1.165, 1.54) is 28.4 Å². The molecule has 1 heterocycles. The second kappa shape index (κ2) is 4.35. The van der Waals surface area contributed by atoms with Gasteiger partial charge in [-0.05, 0) is 11.4 Å². The topological polar surface area (TPSA) is 12.0 Å². The molecule has 2 aromatic carbocycles. The van der Waals surface area contributed by atoms with E-state index in [0.717, 1.165) is 0 Å². The molecule has 16 heavy (non-hydrogen) atoms. The summed E-state index contributed by atoms with van der Waals surface area (Å²) in [5.41, 5.74) is 5.01. The fraction of sp³-hybridized carbons (Fsp3) is 0.0714. The van der Waals surface area contributed by atoms with Crippen LogP contribution in [0, 0.1) is 5.92 Å². The Morgan fingerprint density at radius 2 is 1.25 bits per heavy atom. The van der Waals surface area contributed by atoms with Crippen LogP contribution in [0.2, 0.25) is 0 Å². The van der Waals surface area contributed by atoms with Crippen molar-refractivity contribution >= 4 is 11.4 Å². The van der Waals surface area contributed by atoms with Crippen LogP contribution in [0.1, 0.15) is 18.1 Å². The van der Waals surface area contributed by atoms with E-state index in [1.54, 1.807) is 0 Å². The Morgan fingerprint density at radius 1 is 0.812 bits per heavy atom. The van der Waals surface area contributed by atoms with Gasteiger partial charge < -0.3 is 5.32 Å². The largest absolute Gasteiger partial charge is 0.418 e. The molecule has 1 N–H and O–H groups in total. The second-order valence-corrected chi connectivity index (χ2v) is 3.84. The Kier molecular flexibility index (Phi) is 3.07. The maximum atomic E-state index is 3.45. The first-order valence-corrected chi connectivity index (χ1v) is 5.15. The predicted molar refractivity (Wildman–Crippen MR) is 63.3 cm³/mol. The van der Waals surface area contributed by atoms with E-state index in [2.05, 4.69) is 60.8 Å². The Bertz CT molecular complexity index is 462. The number of rotatable bonds is 0. The molecular formula is C14H12NW-. The molecule has 3 rings (SSSR count). The van der Waals surface area contributed by atoms with Crippen LogP contribution in [0.25, 0.3) is 0 Å². The van der Waals surface area contributed by atoms with Crippen LogP contribution in [-0.2, 0) is 21.1 Å². The zero-order chi connectivity index (χ0) is 10.3. The van der Waals surface area contributed by atoms with Crippen molar-refractivity contribution in [3.05, 3.63) is 65.6 Å². The summed E-state index contributed by atoms with van der Waals surface area (Å²) in [5.74, 6) is 1.35. The first-order chi connectivity index (χ1) is 7.36. The number of nitrogens with one attached hydrogen (secondary N) is 1. The van der Waals surface area contributed by atoms with Crippen LogP contribution in [0.3, 0.4) is 0 Å². The monoisotopic (exact) mass is 378 g/mol. The average molecular weight is 378 g/mol. The fourth-order valence-electron chi connectivity index (χ4n) is 2.13. The molecule has 80 valence electrons. The van der Waals surface area contributed by atoms with Crippen molar-refractivity contribution in [2.24, 2.45) is 0 Å². The molecule has 0 bridgehead atoms.